The topological polar surface area (TPSA) is 71.6 Å². The lowest BCUT2D eigenvalue weighted by Crippen LogP contribution is -2.00. The lowest BCUT2D eigenvalue weighted by atomic mass is 10.2. The molecule has 138 valence electrons. The molecule has 2 aromatic carbocycles. The molecule has 0 fully saturated rings. The van der Waals surface area contributed by atoms with Crippen molar-refractivity contribution in [3.63, 3.8) is 0 Å². The molecule has 1 N–H and O–H groups in total. The van der Waals surface area contributed by atoms with Crippen LogP contribution in [0.2, 0.25) is 0 Å². The van der Waals surface area contributed by atoms with E-state index in [2.05, 4.69) is 16.5 Å². The molecule has 0 radical (unpaired) electrons. The van der Waals surface area contributed by atoms with Gasteiger partial charge in [-0.15, -0.1) is 0 Å². The monoisotopic (exact) mass is 370 g/mol. The van der Waals surface area contributed by atoms with E-state index in [4.69, 9.17) is 9.47 Å². The van der Waals surface area contributed by atoms with Crippen LogP contribution in [0.4, 0.5) is 11.4 Å². The van der Waals surface area contributed by atoms with Crippen LogP contribution in [0.25, 0.3) is 5.52 Å². The second kappa shape index (κ2) is 7.33. The number of rotatable bonds is 5. The fraction of sp³-hybridized carbons (Fsp3) is 0.0909. The highest BCUT2D eigenvalue weighted by Gasteiger charge is 2.12. The smallest absolute Gasteiger partial charge is 0.127 e. The van der Waals surface area contributed by atoms with Crippen LogP contribution in [0.3, 0.4) is 0 Å². The van der Waals surface area contributed by atoms with Gasteiger partial charge in [-0.05, 0) is 67.1 Å². The Hall–Kier alpha value is -3.98. The van der Waals surface area contributed by atoms with Gasteiger partial charge in [-0.25, -0.2) is 4.52 Å². The molecule has 6 nitrogen and oxygen atoms in total. The van der Waals surface area contributed by atoms with Crippen LogP contribution in [0, 0.1) is 18.3 Å². The minimum Gasteiger partial charge on any atom is -0.497 e. The number of anilines is 2. The van der Waals surface area contributed by atoms with E-state index in [1.165, 1.54) is 0 Å². The Morgan fingerprint density at radius 1 is 0.964 bits per heavy atom. The first-order chi connectivity index (χ1) is 13.7. The number of aryl methyl sites for hydroxylation is 1. The normalized spacial score (nSPS) is 10.5. The molecule has 4 aromatic rings. The average Bonchev–Trinajstić information content (AvgIpc) is 3.11. The Labute approximate surface area is 162 Å². The number of nitriles is 1. The Morgan fingerprint density at radius 3 is 2.25 bits per heavy atom. The highest BCUT2D eigenvalue weighted by molar-refractivity contribution is 5.84. The summed E-state index contributed by atoms with van der Waals surface area (Å²) in [6, 6.07) is 19.2. The number of hydrogen-bond donors (Lipinski definition) is 1. The molecule has 0 atom stereocenters. The van der Waals surface area contributed by atoms with Gasteiger partial charge >= 0.3 is 0 Å². The van der Waals surface area contributed by atoms with Crippen molar-refractivity contribution in [3.8, 4) is 23.3 Å². The molecular formula is C22H18N4O2. The maximum absolute atomic E-state index is 9.46. The number of fused-ring (bicyclic) bond motifs is 1. The van der Waals surface area contributed by atoms with Crippen LogP contribution < -0.4 is 14.8 Å². The van der Waals surface area contributed by atoms with Gasteiger partial charge in [0.15, 0.2) is 0 Å². The molecule has 0 aliphatic carbocycles. The van der Waals surface area contributed by atoms with E-state index in [1.807, 2.05) is 67.7 Å². The van der Waals surface area contributed by atoms with Crippen molar-refractivity contribution < 1.29 is 9.47 Å². The molecule has 0 spiro atoms. The van der Waals surface area contributed by atoms with Crippen molar-refractivity contribution in [3.05, 3.63) is 78.1 Å². The Balaban J connectivity index is 1.57. The van der Waals surface area contributed by atoms with Gasteiger partial charge in [0.1, 0.15) is 23.3 Å². The van der Waals surface area contributed by atoms with Gasteiger partial charge in [-0.2, -0.15) is 10.4 Å². The van der Waals surface area contributed by atoms with Gasteiger partial charge in [0.25, 0.3) is 0 Å². The molecule has 0 saturated carbocycles. The SMILES string of the molecule is COc1ccc(Oc2ccc(Nc3c(C#N)cnn4ccc(C)c34)cc2)cc1. The summed E-state index contributed by atoms with van der Waals surface area (Å²) in [6.45, 7) is 2.00. The lowest BCUT2D eigenvalue weighted by molar-refractivity contribution is 0.413. The van der Waals surface area contributed by atoms with Crippen molar-refractivity contribution in [2.24, 2.45) is 0 Å². The Morgan fingerprint density at radius 2 is 1.61 bits per heavy atom. The van der Waals surface area contributed by atoms with E-state index in [0.29, 0.717) is 5.56 Å². The zero-order valence-electron chi connectivity index (χ0n) is 15.5. The maximum atomic E-state index is 9.46. The van der Waals surface area contributed by atoms with E-state index < -0.39 is 0 Å². The first-order valence-electron chi connectivity index (χ1n) is 8.74. The van der Waals surface area contributed by atoms with E-state index in [1.54, 1.807) is 17.8 Å². The van der Waals surface area contributed by atoms with Crippen molar-refractivity contribution in [2.45, 2.75) is 6.92 Å². The average molecular weight is 370 g/mol. The molecule has 0 amide bonds. The molecule has 2 heterocycles. The predicted molar refractivity (Wildman–Crippen MR) is 107 cm³/mol. The molecule has 0 bridgehead atoms. The highest BCUT2D eigenvalue weighted by Crippen LogP contribution is 2.30. The summed E-state index contributed by atoms with van der Waals surface area (Å²) < 4.78 is 12.8. The summed E-state index contributed by atoms with van der Waals surface area (Å²) in [6.07, 6.45) is 3.44. The fourth-order valence-electron chi connectivity index (χ4n) is 2.98. The number of nitrogens with zero attached hydrogens (tertiary/aromatic N) is 3. The molecule has 0 aliphatic heterocycles. The van der Waals surface area contributed by atoms with Gasteiger partial charge in [0.05, 0.1) is 30.1 Å². The zero-order chi connectivity index (χ0) is 19.5. The fourth-order valence-corrected chi connectivity index (χ4v) is 2.98. The van der Waals surface area contributed by atoms with E-state index in [-0.39, 0.29) is 0 Å². The molecule has 0 aliphatic rings. The van der Waals surface area contributed by atoms with Gasteiger partial charge in [0, 0.05) is 11.9 Å². The summed E-state index contributed by atoms with van der Waals surface area (Å²) in [4.78, 5) is 0. The molecule has 4 rings (SSSR count). The minimum absolute atomic E-state index is 0.493. The van der Waals surface area contributed by atoms with Crippen LogP contribution in [0.5, 0.6) is 17.2 Å². The summed E-state index contributed by atoms with van der Waals surface area (Å²) >= 11 is 0. The standard InChI is InChI=1S/C22H18N4O2/c1-15-11-12-26-22(15)21(16(13-23)14-24-26)25-17-3-5-19(6-4-17)28-20-9-7-18(27-2)8-10-20/h3-12,14,25H,1-2H3. The maximum Gasteiger partial charge on any atom is 0.127 e. The quantitative estimate of drug-likeness (QED) is 0.532. The number of methoxy groups -OCH3 is 1. The van der Waals surface area contributed by atoms with E-state index >= 15 is 0 Å². The van der Waals surface area contributed by atoms with Gasteiger partial charge in [-0.3, -0.25) is 0 Å². The minimum atomic E-state index is 0.493. The number of benzene rings is 2. The van der Waals surface area contributed by atoms with Gasteiger partial charge in [-0.1, -0.05) is 0 Å². The highest BCUT2D eigenvalue weighted by atomic mass is 16.5. The van der Waals surface area contributed by atoms with Crippen LogP contribution in [0.15, 0.2) is 67.0 Å². The first kappa shape index (κ1) is 17.4. The van der Waals surface area contributed by atoms with Crippen LogP contribution in [0.1, 0.15) is 11.1 Å². The molecule has 2 aromatic heterocycles. The van der Waals surface area contributed by atoms with Crippen LogP contribution >= 0.6 is 0 Å². The van der Waals surface area contributed by atoms with Gasteiger partial charge < -0.3 is 14.8 Å². The third-order valence-electron chi connectivity index (χ3n) is 4.42. The summed E-state index contributed by atoms with van der Waals surface area (Å²) in [5.41, 5.74) is 4.02. The first-order valence-corrected chi connectivity index (χ1v) is 8.74. The summed E-state index contributed by atoms with van der Waals surface area (Å²) in [7, 11) is 1.63. The van der Waals surface area contributed by atoms with Crippen LogP contribution in [-0.2, 0) is 0 Å². The van der Waals surface area contributed by atoms with Crippen molar-refractivity contribution in [1.29, 1.82) is 5.26 Å². The number of hydrogen-bond acceptors (Lipinski definition) is 5. The molecule has 6 heteroatoms. The second-order valence-electron chi connectivity index (χ2n) is 6.26. The molecule has 28 heavy (non-hydrogen) atoms. The Kier molecular flexibility index (Phi) is 4.56. The summed E-state index contributed by atoms with van der Waals surface area (Å²) in [5.74, 6) is 2.23. The molecule has 0 unspecified atom stereocenters. The zero-order valence-corrected chi connectivity index (χ0v) is 15.5. The van der Waals surface area contributed by atoms with E-state index in [9.17, 15) is 5.26 Å². The number of aromatic nitrogens is 2. The van der Waals surface area contributed by atoms with Crippen molar-refractivity contribution >= 4 is 16.9 Å². The second-order valence-corrected chi connectivity index (χ2v) is 6.26. The molecular weight excluding hydrogens is 352 g/mol. The third kappa shape index (κ3) is 3.33. The number of ether oxygens (including phenoxy) is 2. The lowest BCUT2D eigenvalue weighted by Gasteiger charge is -2.12. The third-order valence-corrected chi connectivity index (χ3v) is 4.42. The number of nitrogens with one attached hydrogen (secondary N) is 1. The molecule has 0 saturated heterocycles. The van der Waals surface area contributed by atoms with Gasteiger partial charge in [0.2, 0.25) is 0 Å². The summed E-state index contributed by atoms with van der Waals surface area (Å²) in [5, 5.41) is 17.1. The largest absolute Gasteiger partial charge is 0.497 e. The van der Waals surface area contributed by atoms with Crippen molar-refractivity contribution in [2.75, 3.05) is 12.4 Å². The van der Waals surface area contributed by atoms with Crippen LogP contribution in [-0.4, -0.2) is 16.7 Å². The Bertz CT molecular complexity index is 1160. The van der Waals surface area contributed by atoms with Crippen molar-refractivity contribution in [1.82, 2.24) is 9.61 Å². The van der Waals surface area contributed by atoms with E-state index in [0.717, 1.165) is 39.7 Å². The predicted octanol–water partition coefficient (Wildman–Crippen LogP) is 5.06.